The zero-order valence-corrected chi connectivity index (χ0v) is 15.3. The van der Waals surface area contributed by atoms with Gasteiger partial charge in [0.25, 0.3) is 5.91 Å². The number of hydrogen-bond donors (Lipinski definition) is 0. The molecule has 0 bridgehead atoms. The van der Waals surface area contributed by atoms with Crippen molar-refractivity contribution in [1.82, 2.24) is 0 Å². The highest BCUT2D eigenvalue weighted by atomic mass is 16.6. The summed E-state index contributed by atoms with van der Waals surface area (Å²) in [6, 6.07) is 7.30. The smallest absolute Gasteiger partial charge is 0.414 e. The first-order chi connectivity index (χ1) is 11.8. The summed E-state index contributed by atoms with van der Waals surface area (Å²) >= 11 is 0. The predicted octanol–water partition coefficient (Wildman–Crippen LogP) is 2.44. The molecule has 2 rings (SSSR count). The monoisotopic (exact) mass is 350 g/mol. The van der Waals surface area contributed by atoms with Gasteiger partial charge in [0, 0.05) is 20.2 Å². The number of ether oxygens (including phenoxy) is 3. The third-order valence-corrected chi connectivity index (χ3v) is 3.58. The largest absolute Gasteiger partial charge is 0.443 e. The molecule has 0 saturated heterocycles. The van der Waals surface area contributed by atoms with Gasteiger partial charge in [-0.05, 0) is 32.9 Å². The second kappa shape index (κ2) is 8.31. The third kappa shape index (κ3) is 5.17. The molecule has 1 aliphatic heterocycles. The molecule has 0 aliphatic carbocycles. The van der Waals surface area contributed by atoms with Gasteiger partial charge in [0.2, 0.25) is 0 Å². The molecular formula is C18H26N2O5. The molecule has 0 saturated carbocycles. The van der Waals surface area contributed by atoms with Gasteiger partial charge in [-0.15, -0.1) is 0 Å². The average molecular weight is 350 g/mol. The zero-order valence-electron chi connectivity index (χ0n) is 15.3. The summed E-state index contributed by atoms with van der Waals surface area (Å²) in [4.78, 5) is 28.1. The highest BCUT2D eigenvalue weighted by Gasteiger charge is 2.32. The van der Waals surface area contributed by atoms with E-state index in [0.29, 0.717) is 37.7 Å². The van der Waals surface area contributed by atoms with Gasteiger partial charge < -0.3 is 19.1 Å². The molecule has 0 fully saturated rings. The molecule has 1 aromatic carbocycles. The Hall–Kier alpha value is -2.12. The number of anilines is 2. The van der Waals surface area contributed by atoms with Crippen molar-refractivity contribution in [3.05, 3.63) is 24.3 Å². The molecule has 0 unspecified atom stereocenters. The van der Waals surface area contributed by atoms with Crippen molar-refractivity contribution in [1.29, 1.82) is 0 Å². The number of fused-ring (bicyclic) bond motifs is 1. The summed E-state index contributed by atoms with van der Waals surface area (Å²) in [7, 11) is 1.58. The van der Waals surface area contributed by atoms with Gasteiger partial charge in [-0.2, -0.15) is 0 Å². The number of amides is 2. The van der Waals surface area contributed by atoms with Crippen LogP contribution in [0.2, 0.25) is 0 Å². The number of para-hydroxylation sites is 2. The van der Waals surface area contributed by atoms with Crippen LogP contribution in [0.1, 0.15) is 20.8 Å². The van der Waals surface area contributed by atoms with Gasteiger partial charge in [0.05, 0.1) is 24.6 Å². The SMILES string of the molecule is COCCOCC(=O)N1CCN(C(=O)OC(C)(C)C)c2ccccc21. The van der Waals surface area contributed by atoms with Crippen LogP contribution < -0.4 is 9.80 Å². The van der Waals surface area contributed by atoms with Crippen LogP contribution in [0, 0.1) is 0 Å². The van der Waals surface area contributed by atoms with E-state index in [4.69, 9.17) is 14.2 Å². The van der Waals surface area contributed by atoms with Crippen LogP contribution in [0.5, 0.6) is 0 Å². The summed E-state index contributed by atoms with van der Waals surface area (Å²) in [5, 5.41) is 0. The van der Waals surface area contributed by atoms with Crippen molar-refractivity contribution in [2.24, 2.45) is 0 Å². The van der Waals surface area contributed by atoms with E-state index in [1.807, 2.05) is 45.0 Å². The topological polar surface area (TPSA) is 68.3 Å². The molecule has 25 heavy (non-hydrogen) atoms. The number of carbonyl (C=O) groups excluding carboxylic acids is 2. The first kappa shape index (κ1) is 19.2. The third-order valence-electron chi connectivity index (χ3n) is 3.58. The Balaban J connectivity index is 2.12. The van der Waals surface area contributed by atoms with Gasteiger partial charge in [0.15, 0.2) is 0 Å². The Morgan fingerprint density at radius 2 is 1.64 bits per heavy atom. The summed E-state index contributed by atoms with van der Waals surface area (Å²) in [5.41, 5.74) is 0.766. The van der Waals surface area contributed by atoms with E-state index in [2.05, 4.69) is 0 Å². The van der Waals surface area contributed by atoms with Crippen molar-refractivity contribution in [2.75, 3.05) is 49.8 Å². The Kier molecular flexibility index (Phi) is 6.39. The highest BCUT2D eigenvalue weighted by Crippen LogP contribution is 2.33. The number of nitrogens with zero attached hydrogens (tertiary/aromatic N) is 2. The summed E-state index contributed by atoms with van der Waals surface area (Å²) in [5.74, 6) is -0.146. The minimum Gasteiger partial charge on any atom is -0.443 e. The van der Waals surface area contributed by atoms with Crippen LogP contribution in [0.3, 0.4) is 0 Å². The van der Waals surface area contributed by atoms with Crippen LogP contribution in [0.25, 0.3) is 0 Å². The summed E-state index contributed by atoms with van der Waals surface area (Å²) in [6.45, 7) is 7.02. The first-order valence-corrected chi connectivity index (χ1v) is 8.30. The van der Waals surface area contributed by atoms with Crippen molar-refractivity contribution in [2.45, 2.75) is 26.4 Å². The molecule has 0 aromatic heterocycles. The molecule has 0 N–H and O–H groups in total. The number of hydrogen-bond acceptors (Lipinski definition) is 5. The lowest BCUT2D eigenvalue weighted by molar-refractivity contribution is -0.123. The van der Waals surface area contributed by atoms with E-state index in [0.717, 1.165) is 0 Å². The second-order valence-corrected chi connectivity index (χ2v) is 6.71. The van der Waals surface area contributed by atoms with Crippen LogP contribution in [0.15, 0.2) is 24.3 Å². The molecule has 1 heterocycles. The standard InChI is InChI=1S/C18H26N2O5/c1-18(2,3)25-17(22)20-10-9-19(14-7-5-6-8-15(14)20)16(21)13-24-12-11-23-4/h5-8H,9-13H2,1-4H3. The molecule has 0 atom stereocenters. The summed E-state index contributed by atoms with van der Waals surface area (Å²) < 4.78 is 15.7. The van der Waals surface area contributed by atoms with Gasteiger partial charge in [-0.1, -0.05) is 12.1 Å². The zero-order chi connectivity index (χ0) is 18.4. The fraction of sp³-hybridized carbons (Fsp3) is 0.556. The summed E-state index contributed by atoms with van der Waals surface area (Å²) in [6.07, 6.45) is -0.414. The van der Waals surface area contributed by atoms with Crippen molar-refractivity contribution in [3.63, 3.8) is 0 Å². The Morgan fingerprint density at radius 1 is 1.04 bits per heavy atom. The molecule has 138 valence electrons. The molecule has 0 spiro atoms. The second-order valence-electron chi connectivity index (χ2n) is 6.71. The fourth-order valence-corrected chi connectivity index (χ4v) is 2.51. The normalized spacial score (nSPS) is 14.2. The van der Waals surface area contributed by atoms with Gasteiger partial charge in [-0.25, -0.2) is 4.79 Å². The number of benzene rings is 1. The maximum absolute atomic E-state index is 12.5. The predicted molar refractivity (Wildman–Crippen MR) is 95.1 cm³/mol. The first-order valence-electron chi connectivity index (χ1n) is 8.30. The van der Waals surface area contributed by atoms with Gasteiger partial charge in [0.1, 0.15) is 12.2 Å². The molecule has 7 nitrogen and oxygen atoms in total. The quantitative estimate of drug-likeness (QED) is 0.763. The Morgan fingerprint density at radius 3 is 2.24 bits per heavy atom. The van der Waals surface area contributed by atoms with Crippen LogP contribution in [0.4, 0.5) is 16.2 Å². The molecule has 1 aliphatic rings. The molecule has 1 aromatic rings. The van der Waals surface area contributed by atoms with Crippen molar-refractivity contribution < 1.29 is 23.8 Å². The Bertz CT molecular complexity index is 612. The van der Waals surface area contributed by atoms with Crippen molar-refractivity contribution in [3.8, 4) is 0 Å². The van der Waals surface area contributed by atoms with E-state index in [-0.39, 0.29) is 12.5 Å². The average Bonchev–Trinajstić information content (AvgIpc) is 2.56. The molecular weight excluding hydrogens is 324 g/mol. The van der Waals surface area contributed by atoms with Crippen molar-refractivity contribution >= 4 is 23.4 Å². The van der Waals surface area contributed by atoms with Gasteiger partial charge in [-0.3, -0.25) is 9.69 Å². The van der Waals surface area contributed by atoms with Gasteiger partial charge >= 0.3 is 6.09 Å². The highest BCUT2D eigenvalue weighted by molar-refractivity contribution is 6.02. The maximum Gasteiger partial charge on any atom is 0.414 e. The van der Waals surface area contributed by atoms with Crippen LogP contribution in [-0.4, -0.2) is 57.6 Å². The minimum absolute atomic E-state index is 0.0237. The van der Waals surface area contributed by atoms with E-state index in [1.165, 1.54) is 0 Å². The Labute approximate surface area is 148 Å². The minimum atomic E-state index is -0.575. The maximum atomic E-state index is 12.5. The molecule has 2 amide bonds. The molecule has 0 radical (unpaired) electrons. The number of carbonyl (C=O) groups is 2. The lowest BCUT2D eigenvalue weighted by atomic mass is 10.1. The fourth-order valence-electron chi connectivity index (χ4n) is 2.51. The van der Waals surface area contributed by atoms with E-state index < -0.39 is 11.7 Å². The van der Waals surface area contributed by atoms with E-state index in [9.17, 15) is 9.59 Å². The molecule has 7 heteroatoms. The van der Waals surface area contributed by atoms with Crippen LogP contribution >= 0.6 is 0 Å². The lowest BCUT2D eigenvalue weighted by Crippen LogP contribution is -2.48. The number of rotatable bonds is 5. The van der Waals surface area contributed by atoms with Crippen LogP contribution in [-0.2, 0) is 19.0 Å². The lowest BCUT2D eigenvalue weighted by Gasteiger charge is -2.37. The van der Waals surface area contributed by atoms with E-state index >= 15 is 0 Å². The van der Waals surface area contributed by atoms with E-state index in [1.54, 1.807) is 16.9 Å². The number of methoxy groups -OCH3 is 1.